The Bertz CT molecular complexity index is 555. The minimum atomic E-state index is -1.45. The van der Waals surface area contributed by atoms with E-state index >= 15 is 0 Å². The molecule has 3 amide bonds. The van der Waals surface area contributed by atoms with Crippen LogP contribution >= 0.6 is 12.6 Å². The minimum Gasteiger partial charge on any atom is -0.481 e. The van der Waals surface area contributed by atoms with E-state index in [9.17, 15) is 24.0 Å². The normalized spacial score (nSPS) is 14.0. The minimum absolute atomic E-state index is 0.0125. The number of hydrogen-bond acceptors (Lipinski definition) is 7. The zero-order valence-corrected chi connectivity index (χ0v) is 15.3. The molecular weight excluding hydrogens is 368 g/mol. The van der Waals surface area contributed by atoms with Crippen LogP contribution in [0.15, 0.2) is 0 Å². The molecule has 0 aliphatic heterocycles. The topological polar surface area (TPSA) is 188 Å². The van der Waals surface area contributed by atoms with E-state index in [1.165, 1.54) is 0 Å². The van der Waals surface area contributed by atoms with Gasteiger partial charge in [0.05, 0.1) is 19.0 Å². The number of aliphatic carboxylic acids is 2. The standard InChI is InChI=1S/C14H24N4O7S/c1-6(2)11(14(24)25)18-9(19)4-16-13(23)8(3-10(20)21)17-12(22)7(15)5-26/h6-8,11,26H,3-5,15H2,1-2H3,(H,16,23)(H,17,22)(H,18,19)(H,20,21)(H,24,25). The molecule has 0 aromatic rings. The highest BCUT2D eigenvalue weighted by atomic mass is 32.1. The molecule has 26 heavy (non-hydrogen) atoms. The average Bonchev–Trinajstić information content (AvgIpc) is 2.54. The third-order valence-electron chi connectivity index (χ3n) is 3.22. The van der Waals surface area contributed by atoms with Crippen molar-refractivity contribution in [1.82, 2.24) is 16.0 Å². The van der Waals surface area contributed by atoms with Gasteiger partial charge in [-0.1, -0.05) is 13.8 Å². The summed E-state index contributed by atoms with van der Waals surface area (Å²) < 4.78 is 0. The molecule has 0 fully saturated rings. The number of rotatable bonds is 11. The molecule has 12 heteroatoms. The molecule has 0 radical (unpaired) electrons. The molecule has 0 saturated heterocycles. The Balaban J connectivity index is 4.78. The first-order valence-electron chi connectivity index (χ1n) is 7.68. The Hall–Kier alpha value is -2.34. The Labute approximate surface area is 155 Å². The van der Waals surface area contributed by atoms with Crippen LogP contribution in [0.2, 0.25) is 0 Å². The van der Waals surface area contributed by atoms with E-state index in [0.29, 0.717) is 0 Å². The van der Waals surface area contributed by atoms with Gasteiger partial charge in [-0.05, 0) is 5.92 Å². The first-order valence-corrected chi connectivity index (χ1v) is 8.31. The van der Waals surface area contributed by atoms with Gasteiger partial charge in [0.2, 0.25) is 17.7 Å². The van der Waals surface area contributed by atoms with Crippen molar-refractivity contribution in [3.63, 3.8) is 0 Å². The second-order valence-electron chi connectivity index (χ2n) is 5.79. The number of carbonyl (C=O) groups is 5. The summed E-state index contributed by atoms with van der Waals surface area (Å²) in [5.74, 6) is -5.42. The van der Waals surface area contributed by atoms with Crippen molar-refractivity contribution >= 4 is 42.3 Å². The van der Waals surface area contributed by atoms with Gasteiger partial charge in [0.25, 0.3) is 0 Å². The van der Waals surface area contributed by atoms with Crippen molar-refractivity contribution in [2.75, 3.05) is 12.3 Å². The van der Waals surface area contributed by atoms with Gasteiger partial charge in [-0.2, -0.15) is 12.6 Å². The molecule has 0 saturated carbocycles. The summed E-state index contributed by atoms with van der Waals surface area (Å²) in [6.45, 7) is 2.61. The second kappa shape index (κ2) is 11.3. The lowest BCUT2D eigenvalue weighted by molar-refractivity contribution is -0.143. The maximum absolute atomic E-state index is 12.0. The van der Waals surface area contributed by atoms with E-state index in [-0.39, 0.29) is 11.7 Å². The molecule has 11 nitrogen and oxygen atoms in total. The van der Waals surface area contributed by atoms with Crippen LogP contribution in [0.5, 0.6) is 0 Å². The third-order valence-corrected chi connectivity index (χ3v) is 3.61. The van der Waals surface area contributed by atoms with Gasteiger partial charge < -0.3 is 31.9 Å². The molecular formula is C14H24N4O7S. The van der Waals surface area contributed by atoms with Gasteiger partial charge in [-0.3, -0.25) is 19.2 Å². The number of thiol groups is 1. The molecule has 0 aliphatic rings. The van der Waals surface area contributed by atoms with Crippen LogP contribution in [-0.4, -0.2) is 70.3 Å². The summed E-state index contributed by atoms with van der Waals surface area (Å²) in [6, 6.07) is -3.62. The Morgan fingerprint density at radius 2 is 1.62 bits per heavy atom. The number of nitrogens with one attached hydrogen (secondary N) is 3. The van der Waals surface area contributed by atoms with Gasteiger partial charge in [-0.25, -0.2) is 4.79 Å². The van der Waals surface area contributed by atoms with E-state index in [1.54, 1.807) is 13.8 Å². The van der Waals surface area contributed by atoms with Gasteiger partial charge in [0, 0.05) is 5.75 Å². The summed E-state index contributed by atoms with van der Waals surface area (Å²) >= 11 is 3.83. The predicted octanol–water partition coefficient (Wildman–Crippen LogP) is -2.46. The Morgan fingerprint density at radius 3 is 2.04 bits per heavy atom. The van der Waals surface area contributed by atoms with E-state index < -0.39 is 60.8 Å². The molecule has 0 heterocycles. The van der Waals surface area contributed by atoms with Gasteiger partial charge in [-0.15, -0.1) is 0 Å². The molecule has 7 N–H and O–H groups in total. The van der Waals surface area contributed by atoms with Crippen LogP contribution in [0.3, 0.4) is 0 Å². The molecule has 0 bridgehead atoms. The highest BCUT2D eigenvalue weighted by Crippen LogP contribution is 2.01. The molecule has 3 atom stereocenters. The lowest BCUT2D eigenvalue weighted by Gasteiger charge is -2.20. The van der Waals surface area contributed by atoms with Gasteiger partial charge in [0.15, 0.2) is 0 Å². The number of amides is 3. The van der Waals surface area contributed by atoms with Gasteiger partial charge >= 0.3 is 11.9 Å². The maximum Gasteiger partial charge on any atom is 0.326 e. The first-order chi connectivity index (χ1) is 12.0. The number of carboxylic acids is 2. The molecule has 0 aromatic carbocycles. The summed E-state index contributed by atoms with van der Waals surface area (Å²) in [6.07, 6.45) is -0.720. The van der Waals surface area contributed by atoms with Crippen molar-refractivity contribution in [3.8, 4) is 0 Å². The fourth-order valence-corrected chi connectivity index (χ4v) is 1.94. The molecule has 0 aliphatic carbocycles. The quantitative estimate of drug-likeness (QED) is 0.189. The monoisotopic (exact) mass is 392 g/mol. The molecule has 0 aromatic heterocycles. The zero-order chi connectivity index (χ0) is 20.4. The highest BCUT2D eigenvalue weighted by Gasteiger charge is 2.27. The van der Waals surface area contributed by atoms with Crippen LogP contribution in [0.25, 0.3) is 0 Å². The second-order valence-corrected chi connectivity index (χ2v) is 6.16. The van der Waals surface area contributed by atoms with E-state index in [4.69, 9.17) is 15.9 Å². The van der Waals surface area contributed by atoms with Crippen LogP contribution < -0.4 is 21.7 Å². The Morgan fingerprint density at radius 1 is 1.04 bits per heavy atom. The van der Waals surface area contributed by atoms with Crippen molar-refractivity contribution in [2.24, 2.45) is 11.7 Å². The zero-order valence-electron chi connectivity index (χ0n) is 14.4. The maximum atomic E-state index is 12.0. The number of carboxylic acid groups (broad SMARTS) is 2. The molecule has 0 rings (SSSR count). The molecule has 148 valence electrons. The number of nitrogens with two attached hydrogens (primary N) is 1. The summed E-state index contributed by atoms with van der Waals surface area (Å²) in [5, 5.41) is 24.4. The van der Waals surface area contributed by atoms with Crippen LogP contribution in [0.1, 0.15) is 20.3 Å². The highest BCUT2D eigenvalue weighted by molar-refractivity contribution is 7.80. The van der Waals surface area contributed by atoms with Crippen LogP contribution in [0, 0.1) is 5.92 Å². The van der Waals surface area contributed by atoms with Crippen molar-refractivity contribution in [1.29, 1.82) is 0 Å². The fourth-order valence-electron chi connectivity index (χ4n) is 1.77. The summed E-state index contributed by atoms with van der Waals surface area (Å²) in [7, 11) is 0. The first kappa shape index (κ1) is 23.7. The fraction of sp³-hybridized carbons (Fsp3) is 0.643. The lowest BCUT2D eigenvalue weighted by Crippen LogP contribution is -2.54. The average molecular weight is 392 g/mol. The smallest absolute Gasteiger partial charge is 0.326 e. The third kappa shape index (κ3) is 8.67. The van der Waals surface area contributed by atoms with Gasteiger partial charge in [0.1, 0.15) is 12.1 Å². The summed E-state index contributed by atoms with van der Waals surface area (Å²) in [4.78, 5) is 57.4. The predicted molar refractivity (Wildman–Crippen MR) is 93.4 cm³/mol. The Kier molecular flexibility index (Phi) is 10.3. The van der Waals surface area contributed by atoms with E-state index in [2.05, 4.69) is 28.6 Å². The van der Waals surface area contributed by atoms with E-state index in [1.807, 2.05) is 0 Å². The largest absolute Gasteiger partial charge is 0.481 e. The molecule has 0 spiro atoms. The van der Waals surface area contributed by atoms with Crippen molar-refractivity contribution in [3.05, 3.63) is 0 Å². The van der Waals surface area contributed by atoms with Crippen LogP contribution in [0.4, 0.5) is 0 Å². The molecule has 3 unspecified atom stereocenters. The van der Waals surface area contributed by atoms with Crippen molar-refractivity contribution in [2.45, 2.75) is 38.4 Å². The number of carbonyl (C=O) groups excluding carboxylic acids is 3. The van der Waals surface area contributed by atoms with E-state index in [0.717, 1.165) is 0 Å². The lowest BCUT2D eigenvalue weighted by atomic mass is 10.0. The SMILES string of the molecule is CC(C)C(NC(=O)CNC(=O)C(CC(=O)O)NC(=O)C(N)CS)C(=O)O. The number of hydrogen-bond donors (Lipinski definition) is 7. The van der Waals surface area contributed by atoms with Crippen molar-refractivity contribution < 1.29 is 34.2 Å². The summed E-state index contributed by atoms with van der Waals surface area (Å²) in [5.41, 5.74) is 5.44. The van der Waals surface area contributed by atoms with Crippen LogP contribution in [-0.2, 0) is 24.0 Å².